The van der Waals surface area contributed by atoms with Crippen molar-refractivity contribution in [2.45, 2.75) is 26.8 Å². The van der Waals surface area contributed by atoms with Crippen LogP contribution < -0.4 is 16.6 Å². The Morgan fingerprint density at radius 2 is 2.00 bits per heavy atom. The molecule has 1 aromatic heterocycles. The minimum absolute atomic E-state index is 0.0285. The number of aliphatic hydroxyl groups excluding tert-OH is 1. The standard InChI is InChI=1S/C10H19N5O/c1-6(2)8(4-16)14-9-7(3)10(15-11)13-5-12-9/h5-6,8,16H,4,11H2,1-3H3,(H2,12,13,14,15)/t8-/m1/s1. The van der Waals surface area contributed by atoms with E-state index in [1.807, 2.05) is 20.8 Å². The van der Waals surface area contributed by atoms with Gasteiger partial charge in [-0.25, -0.2) is 15.8 Å². The van der Waals surface area contributed by atoms with Gasteiger partial charge in [0.1, 0.15) is 18.0 Å². The fourth-order valence-electron chi connectivity index (χ4n) is 1.34. The van der Waals surface area contributed by atoms with Gasteiger partial charge in [0.15, 0.2) is 0 Å². The van der Waals surface area contributed by atoms with Crippen molar-refractivity contribution in [1.29, 1.82) is 0 Å². The number of aliphatic hydroxyl groups is 1. The predicted molar refractivity (Wildman–Crippen MR) is 63.9 cm³/mol. The molecule has 0 aromatic carbocycles. The number of aromatic nitrogens is 2. The molecule has 1 aromatic rings. The smallest absolute Gasteiger partial charge is 0.148 e. The Balaban J connectivity index is 2.88. The van der Waals surface area contributed by atoms with E-state index in [9.17, 15) is 5.11 Å². The molecule has 16 heavy (non-hydrogen) atoms. The molecule has 0 amide bonds. The summed E-state index contributed by atoms with van der Waals surface area (Å²) in [5, 5.41) is 12.4. The molecule has 0 unspecified atom stereocenters. The fraction of sp³-hybridized carbons (Fsp3) is 0.600. The molecule has 1 rings (SSSR count). The molecule has 5 N–H and O–H groups in total. The Labute approximate surface area is 95.3 Å². The van der Waals surface area contributed by atoms with Gasteiger partial charge in [0, 0.05) is 5.56 Å². The van der Waals surface area contributed by atoms with Gasteiger partial charge in [0.05, 0.1) is 12.6 Å². The van der Waals surface area contributed by atoms with Crippen molar-refractivity contribution < 1.29 is 5.11 Å². The molecular formula is C10H19N5O. The average Bonchev–Trinajstić information content (AvgIpc) is 2.27. The topological polar surface area (TPSA) is 96.1 Å². The summed E-state index contributed by atoms with van der Waals surface area (Å²) in [5.74, 6) is 6.91. The van der Waals surface area contributed by atoms with Crippen LogP contribution in [0.5, 0.6) is 0 Å². The van der Waals surface area contributed by atoms with E-state index in [0.717, 1.165) is 5.56 Å². The van der Waals surface area contributed by atoms with Gasteiger partial charge in [-0.15, -0.1) is 0 Å². The van der Waals surface area contributed by atoms with Crippen molar-refractivity contribution in [3.63, 3.8) is 0 Å². The third kappa shape index (κ3) is 2.80. The van der Waals surface area contributed by atoms with Crippen molar-refractivity contribution in [2.24, 2.45) is 11.8 Å². The van der Waals surface area contributed by atoms with Crippen LogP contribution in [0.4, 0.5) is 11.6 Å². The SMILES string of the molecule is Cc1c(NN)ncnc1N[C@H](CO)C(C)C. The van der Waals surface area contributed by atoms with E-state index in [2.05, 4.69) is 20.7 Å². The van der Waals surface area contributed by atoms with E-state index < -0.39 is 0 Å². The zero-order valence-corrected chi connectivity index (χ0v) is 9.86. The average molecular weight is 225 g/mol. The molecule has 0 aliphatic rings. The second kappa shape index (κ2) is 5.62. The molecular weight excluding hydrogens is 206 g/mol. The maximum atomic E-state index is 9.23. The van der Waals surface area contributed by atoms with Crippen LogP contribution in [0, 0.1) is 12.8 Å². The van der Waals surface area contributed by atoms with Crippen molar-refractivity contribution in [3.8, 4) is 0 Å². The molecule has 0 aliphatic carbocycles. The molecule has 0 spiro atoms. The highest BCUT2D eigenvalue weighted by molar-refractivity contribution is 5.56. The number of hydrogen-bond donors (Lipinski definition) is 4. The first-order valence-corrected chi connectivity index (χ1v) is 5.25. The van der Waals surface area contributed by atoms with Gasteiger partial charge < -0.3 is 15.8 Å². The summed E-state index contributed by atoms with van der Waals surface area (Å²) >= 11 is 0. The molecule has 0 saturated carbocycles. The third-order valence-corrected chi connectivity index (χ3v) is 2.54. The van der Waals surface area contributed by atoms with Crippen molar-refractivity contribution in [1.82, 2.24) is 9.97 Å². The van der Waals surface area contributed by atoms with Gasteiger partial charge >= 0.3 is 0 Å². The first kappa shape index (κ1) is 12.7. The van der Waals surface area contributed by atoms with Crippen molar-refractivity contribution in [2.75, 3.05) is 17.3 Å². The molecule has 6 heteroatoms. The Kier molecular flexibility index (Phi) is 4.45. The van der Waals surface area contributed by atoms with Crippen LogP contribution in [0.1, 0.15) is 19.4 Å². The van der Waals surface area contributed by atoms with Crippen LogP contribution in [-0.2, 0) is 0 Å². The van der Waals surface area contributed by atoms with Crippen LogP contribution >= 0.6 is 0 Å². The molecule has 0 saturated heterocycles. The Hall–Kier alpha value is -1.40. The number of rotatable bonds is 5. The monoisotopic (exact) mass is 225 g/mol. The normalized spacial score (nSPS) is 12.6. The molecule has 90 valence electrons. The lowest BCUT2D eigenvalue weighted by Gasteiger charge is -2.21. The Bertz CT molecular complexity index is 342. The first-order valence-electron chi connectivity index (χ1n) is 5.25. The number of nitrogens with one attached hydrogen (secondary N) is 2. The number of hydrazine groups is 1. The van der Waals surface area contributed by atoms with Gasteiger partial charge in [-0.1, -0.05) is 13.8 Å². The fourth-order valence-corrected chi connectivity index (χ4v) is 1.34. The lowest BCUT2D eigenvalue weighted by Crippen LogP contribution is -2.30. The maximum Gasteiger partial charge on any atom is 0.148 e. The number of nitrogen functional groups attached to an aromatic ring is 1. The highest BCUT2D eigenvalue weighted by atomic mass is 16.3. The summed E-state index contributed by atoms with van der Waals surface area (Å²) in [6, 6.07) is -0.0285. The summed E-state index contributed by atoms with van der Waals surface area (Å²) < 4.78 is 0. The van der Waals surface area contributed by atoms with E-state index in [1.54, 1.807) is 0 Å². The lowest BCUT2D eigenvalue weighted by atomic mass is 10.1. The summed E-state index contributed by atoms with van der Waals surface area (Å²) in [5.41, 5.74) is 3.34. The molecule has 0 aliphatic heterocycles. The van der Waals surface area contributed by atoms with Crippen LogP contribution in [0.15, 0.2) is 6.33 Å². The van der Waals surface area contributed by atoms with E-state index >= 15 is 0 Å². The minimum atomic E-state index is -0.0285. The first-order chi connectivity index (χ1) is 7.60. The number of anilines is 2. The summed E-state index contributed by atoms with van der Waals surface area (Å²) in [6.45, 7) is 6.00. The zero-order valence-electron chi connectivity index (χ0n) is 9.86. The Morgan fingerprint density at radius 1 is 1.38 bits per heavy atom. The van der Waals surface area contributed by atoms with E-state index in [1.165, 1.54) is 6.33 Å². The van der Waals surface area contributed by atoms with Gasteiger partial charge in [-0.2, -0.15) is 0 Å². The second-order valence-corrected chi connectivity index (χ2v) is 4.02. The van der Waals surface area contributed by atoms with Gasteiger partial charge in [0.25, 0.3) is 0 Å². The van der Waals surface area contributed by atoms with E-state index in [-0.39, 0.29) is 12.6 Å². The minimum Gasteiger partial charge on any atom is -0.394 e. The molecule has 0 radical (unpaired) electrons. The van der Waals surface area contributed by atoms with Crippen LogP contribution in [0.2, 0.25) is 0 Å². The molecule has 6 nitrogen and oxygen atoms in total. The van der Waals surface area contributed by atoms with Crippen LogP contribution in [0.25, 0.3) is 0 Å². The van der Waals surface area contributed by atoms with Crippen molar-refractivity contribution in [3.05, 3.63) is 11.9 Å². The summed E-state index contributed by atoms with van der Waals surface area (Å²) in [6.07, 6.45) is 1.43. The third-order valence-electron chi connectivity index (χ3n) is 2.54. The molecule has 1 atom stereocenters. The highest BCUT2D eigenvalue weighted by Crippen LogP contribution is 2.19. The molecule has 0 fully saturated rings. The zero-order chi connectivity index (χ0) is 12.1. The Morgan fingerprint density at radius 3 is 2.50 bits per heavy atom. The molecule has 0 bridgehead atoms. The number of nitrogens with zero attached hydrogens (tertiary/aromatic N) is 2. The summed E-state index contributed by atoms with van der Waals surface area (Å²) in [4.78, 5) is 8.11. The largest absolute Gasteiger partial charge is 0.394 e. The number of nitrogens with two attached hydrogens (primary N) is 1. The van der Waals surface area contributed by atoms with Crippen LogP contribution in [0.3, 0.4) is 0 Å². The second-order valence-electron chi connectivity index (χ2n) is 4.02. The highest BCUT2D eigenvalue weighted by Gasteiger charge is 2.14. The maximum absolute atomic E-state index is 9.23. The van der Waals surface area contributed by atoms with Crippen molar-refractivity contribution >= 4 is 11.6 Å². The summed E-state index contributed by atoms with van der Waals surface area (Å²) in [7, 11) is 0. The number of hydrogen-bond acceptors (Lipinski definition) is 6. The van der Waals surface area contributed by atoms with E-state index in [0.29, 0.717) is 17.6 Å². The quantitative estimate of drug-likeness (QED) is 0.430. The van der Waals surface area contributed by atoms with E-state index in [4.69, 9.17) is 5.84 Å². The van der Waals surface area contributed by atoms with Gasteiger partial charge in [0.2, 0.25) is 0 Å². The van der Waals surface area contributed by atoms with Gasteiger partial charge in [-0.05, 0) is 12.8 Å². The van der Waals surface area contributed by atoms with Crippen LogP contribution in [-0.4, -0.2) is 27.7 Å². The molecule has 1 heterocycles. The predicted octanol–water partition coefficient (Wildman–Crippen LogP) is 0.499. The van der Waals surface area contributed by atoms with Gasteiger partial charge in [-0.3, -0.25) is 0 Å². The lowest BCUT2D eigenvalue weighted by molar-refractivity contribution is 0.249.